The number of thiophene rings is 1. The lowest BCUT2D eigenvalue weighted by Crippen LogP contribution is -1.90. The van der Waals surface area contributed by atoms with Crippen molar-refractivity contribution >= 4 is 11.3 Å². The molecule has 0 spiro atoms. The van der Waals surface area contributed by atoms with Gasteiger partial charge in [-0.1, -0.05) is 6.07 Å². The first kappa shape index (κ1) is 7.26. The van der Waals surface area contributed by atoms with E-state index < -0.39 is 6.10 Å². The summed E-state index contributed by atoms with van der Waals surface area (Å²) in [7, 11) is 0. The number of nitrogens with zero attached hydrogens (tertiary/aromatic N) is 1. The molecule has 1 N–H and O–H groups in total. The second-order valence-electron chi connectivity index (χ2n) is 1.89. The van der Waals surface area contributed by atoms with Crippen molar-refractivity contribution in [3.63, 3.8) is 0 Å². The van der Waals surface area contributed by atoms with Crippen molar-refractivity contribution in [3.05, 3.63) is 22.4 Å². The van der Waals surface area contributed by atoms with Gasteiger partial charge in [0.15, 0.2) is 0 Å². The highest BCUT2D eigenvalue weighted by molar-refractivity contribution is 7.10. The van der Waals surface area contributed by atoms with Gasteiger partial charge < -0.3 is 5.11 Å². The molecule has 0 aliphatic rings. The van der Waals surface area contributed by atoms with Crippen LogP contribution in [-0.4, -0.2) is 5.11 Å². The van der Waals surface area contributed by atoms with E-state index in [2.05, 4.69) is 0 Å². The minimum atomic E-state index is -0.593. The summed E-state index contributed by atoms with van der Waals surface area (Å²) in [6.45, 7) is 0. The van der Waals surface area contributed by atoms with Gasteiger partial charge in [0.1, 0.15) is 6.10 Å². The zero-order valence-electron chi connectivity index (χ0n) is 5.32. The van der Waals surface area contributed by atoms with Gasteiger partial charge in [0.25, 0.3) is 0 Å². The van der Waals surface area contributed by atoms with Crippen molar-refractivity contribution < 1.29 is 5.11 Å². The fraction of sp³-hybridized carbons (Fsp3) is 0.286. The molecule has 1 rings (SSSR count). The fourth-order valence-corrected chi connectivity index (χ4v) is 1.38. The Hall–Kier alpha value is -0.850. The average Bonchev–Trinajstić information content (AvgIpc) is 2.38. The van der Waals surface area contributed by atoms with Gasteiger partial charge >= 0.3 is 0 Å². The molecule has 3 heteroatoms. The summed E-state index contributed by atoms with van der Waals surface area (Å²) in [5.74, 6) is 0. The normalized spacial score (nSPS) is 12.4. The zero-order valence-corrected chi connectivity index (χ0v) is 6.14. The van der Waals surface area contributed by atoms with Crippen molar-refractivity contribution in [2.75, 3.05) is 0 Å². The van der Waals surface area contributed by atoms with Crippen LogP contribution in [0.25, 0.3) is 0 Å². The standard InChI is InChI=1S/C7H7NOS/c8-4-3-6(9)7-2-1-5-10-7/h1-2,5-6,9H,3H2/t6-/m0/s1. The molecule has 0 amide bonds. The molecule has 0 aliphatic heterocycles. The number of nitriles is 1. The van der Waals surface area contributed by atoms with E-state index in [9.17, 15) is 5.11 Å². The Labute approximate surface area is 63.4 Å². The first-order chi connectivity index (χ1) is 4.84. The van der Waals surface area contributed by atoms with E-state index in [-0.39, 0.29) is 6.42 Å². The smallest absolute Gasteiger partial charge is 0.101 e. The predicted molar refractivity (Wildman–Crippen MR) is 39.5 cm³/mol. The molecule has 0 fully saturated rings. The van der Waals surface area contributed by atoms with E-state index in [1.807, 2.05) is 23.6 Å². The third-order valence-electron chi connectivity index (χ3n) is 1.16. The maximum Gasteiger partial charge on any atom is 0.101 e. The van der Waals surface area contributed by atoms with Gasteiger partial charge in [0.2, 0.25) is 0 Å². The Morgan fingerprint density at radius 1 is 1.80 bits per heavy atom. The molecular formula is C7H7NOS. The molecular weight excluding hydrogens is 146 g/mol. The molecule has 0 unspecified atom stereocenters. The quantitative estimate of drug-likeness (QED) is 0.702. The number of hydrogen-bond acceptors (Lipinski definition) is 3. The first-order valence-corrected chi connectivity index (χ1v) is 3.81. The minimum Gasteiger partial charge on any atom is -0.386 e. The van der Waals surface area contributed by atoms with Crippen LogP contribution in [0.3, 0.4) is 0 Å². The topological polar surface area (TPSA) is 44.0 Å². The molecule has 2 nitrogen and oxygen atoms in total. The van der Waals surface area contributed by atoms with E-state index in [4.69, 9.17) is 5.26 Å². The largest absolute Gasteiger partial charge is 0.386 e. The lowest BCUT2D eigenvalue weighted by Gasteiger charge is -1.99. The van der Waals surface area contributed by atoms with Gasteiger partial charge in [-0.15, -0.1) is 11.3 Å². The lowest BCUT2D eigenvalue weighted by atomic mass is 10.2. The third-order valence-corrected chi connectivity index (χ3v) is 2.13. The predicted octanol–water partition coefficient (Wildman–Crippen LogP) is 1.70. The van der Waals surface area contributed by atoms with Gasteiger partial charge in [0, 0.05) is 4.88 Å². The van der Waals surface area contributed by atoms with Crippen LogP contribution < -0.4 is 0 Å². The van der Waals surface area contributed by atoms with E-state index in [1.54, 1.807) is 0 Å². The van der Waals surface area contributed by atoms with Crippen LogP contribution in [0.1, 0.15) is 17.4 Å². The molecule has 52 valence electrons. The second-order valence-corrected chi connectivity index (χ2v) is 2.87. The summed E-state index contributed by atoms with van der Waals surface area (Å²) in [5.41, 5.74) is 0. The van der Waals surface area contributed by atoms with Crippen LogP contribution >= 0.6 is 11.3 Å². The van der Waals surface area contributed by atoms with Crippen LogP contribution in [0, 0.1) is 11.3 Å². The molecule has 1 atom stereocenters. The molecule has 1 aromatic rings. The van der Waals surface area contributed by atoms with E-state index in [0.717, 1.165) is 4.88 Å². The minimum absolute atomic E-state index is 0.181. The summed E-state index contributed by atoms with van der Waals surface area (Å²) in [6, 6.07) is 5.60. The average molecular weight is 153 g/mol. The molecule has 0 aromatic carbocycles. The fourth-order valence-electron chi connectivity index (χ4n) is 0.668. The van der Waals surface area contributed by atoms with Gasteiger partial charge in [-0.25, -0.2) is 0 Å². The Bertz CT molecular complexity index is 224. The van der Waals surface area contributed by atoms with Crippen LogP contribution in [0.2, 0.25) is 0 Å². The Morgan fingerprint density at radius 2 is 2.60 bits per heavy atom. The van der Waals surface area contributed by atoms with Crippen molar-refractivity contribution in [2.45, 2.75) is 12.5 Å². The van der Waals surface area contributed by atoms with Gasteiger partial charge in [-0.3, -0.25) is 0 Å². The molecule has 0 radical (unpaired) electrons. The highest BCUT2D eigenvalue weighted by Crippen LogP contribution is 2.20. The molecule has 10 heavy (non-hydrogen) atoms. The van der Waals surface area contributed by atoms with Crippen molar-refractivity contribution in [2.24, 2.45) is 0 Å². The van der Waals surface area contributed by atoms with Crippen molar-refractivity contribution in [1.82, 2.24) is 0 Å². The third kappa shape index (κ3) is 1.56. The highest BCUT2D eigenvalue weighted by atomic mass is 32.1. The summed E-state index contributed by atoms with van der Waals surface area (Å²) < 4.78 is 0. The molecule has 0 saturated carbocycles. The van der Waals surface area contributed by atoms with Crippen LogP contribution in [0.5, 0.6) is 0 Å². The monoisotopic (exact) mass is 153 g/mol. The number of aliphatic hydroxyl groups is 1. The summed E-state index contributed by atoms with van der Waals surface area (Å²) in [6.07, 6.45) is -0.412. The Morgan fingerprint density at radius 3 is 3.10 bits per heavy atom. The van der Waals surface area contributed by atoms with Crippen molar-refractivity contribution in [1.29, 1.82) is 5.26 Å². The maximum atomic E-state index is 9.20. The van der Waals surface area contributed by atoms with Gasteiger partial charge in [-0.2, -0.15) is 5.26 Å². The molecule has 0 saturated heterocycles. The summed E-state index contributed by atoms with van der Waals surface area (Å²) in [5, 5.41) is 19.3. The SMILES string of the molecule is N#CC[C@H](O)c1cccs1. The van der Waals surface area contributed by atoms with Gasteiger partial charge in [-0.05, 0) is 11.4 Å². The highest BCUT2D eigenvalue weighted by Gasteiger charge is 2.05. The molecule has 1 heterocycles. The first-order valence-electron chi connectivity index (χ1n) is 2.93. The maximum absolute atomic E-state index is 9.20. The summed E-state index contributed by atoms with van der Waals surface area (Å²) in [4.78, 5) is 0.863. The Kier molecular flexibility index (Phi) is 2.43. The van der Waals surface area contributed by atoms with Crippen LogP contribution in [-0.2, 0) is 0 Å². The zero-order chi connectivity index (χ0) is 7.40. The summed E-state index contributed by atoms with van der Waals surface area (Å²) >= 11 is 1.47. The molecule has 0 aliphatic carbocycles. The van der Waals surface area contributed by atoms with Gasteiger partial charge in [0.05, 0.1) is 12.5 Å². The second kappa shape index (κ2) is 3.35. The molecule has 0 bridgehead atoms. The number of hydrogen-bond donors (Lipinski definition) is 1. The Balaban J connectivity index is 2.61. The van der Waals surface area contributed by atoms with E-state index in [1.165, 1.54) is 11.3 Å². The molecule has 1 aromatic heterocycles. The van der Waals surface area contributed by atoms with Crippen LogP contribution in [0.4, 0.5) is 0 Å². The van der Waals surface area contributed by atoms with E-state index >= 15 is 0 Å². The number of rotatable bonds is 2. The number of aliphatic hydroxyl groups excluding tert-OH is 1. The van der Waals surface area contributed by atoms with Crippen LogP contribution in [0.15, 0.2) is 17.5 Å². The van der Waals surface area contributed by atoms with E-state index in [0.29, 0.717) is 0 Å². The lowest BCUT2D eigenvalue weighted by molar-refractivity contribution is 0.187. The van der Waals surface area contributed by atoms with Crippen molar-refractivity contribution in [3.8, 4) is 6.07 Å².